The topological polar surface area (TPSA) is 35.5 Å². The van der Waals surface area contributed by atoms with Crippen molar-refractivity contribution in [1.29, 1.82) is 0 Å². The van der Waals surface area contributed by atoms with Gasteiger partial charge in [-0.3, -0.25) is 4.90 Å². The van der Waals surface area contributed by atoms with Crippen LogP contribution in [0, 0.1) is 11.2 Å². The molecule has 1 fully saturated rings. The van der Waals surface area contributed by atoms with Crippen LogP contribution in [-0.2, 0) is 0 Å². The van der Waals surface area contributed by atoms with E-state index in [9.17, 15) is 9.50 Å². The van der Waals surface area contributed by atoms with Gasteiger partial charge in [0, 0.05) is 54.3 Å². The monoisotopic (exact) mass is 344 g/mol. The van der Waals surface area contributed by atoms with Crippen LogP contribution in [0.5, 0.6) is 0 Å². The van der Waals surface area contributed by atoms with Gasteiger partial charge in [-0.15, -0.1) is 0 Å². The number of hydrogen-bond acceptors (Lipinski definition) is 3. The van der Waals surface area contributed by atoms with Crippen molar-refractivity contribution in [3.8, 4) is 0 Å². The number of aliphatic hydroxyl groups is 1. The highest BCUT2D eigenvalue weighted by atomic mass is 79.9. The minimum atomic E-state index is -0.415. The fourth-order valence-corrected chi connectivity index (χ4v) is 3.43. The lowest BCUT2D eigenvalue weighted by Gasteiger charge is -2.43. The lowest BCUT2D eigenvalue weighted by molar-refractivity contribution is 0.0282. The van der Waals surface area contributed by atoms with Crippen LogP contribution in [0.3, 0.4) is 0 Å². The molecule has 1 heterocycles. The van der Waals surface area contributed by atoms with E-state index in [0.29, 0.717) is 5.56 Å². The molecule has 1 aromatic carbocycles. The van der Waals surface area contributed by atoms with E-state index >= 15 is 0 Å². The average Bonchev–Trinajstić information content (AvgIpc) is 2.43. The van der Waals surface area contributed by atoms with Gasteiger partial charge in [0.25, 0.3) is 0 Å². The van der Waals surface area contributed by atoms with E-state index in [1.807, 2.05) is 19.9 Å². The number of aliphatic hydroxyl groups excluding tert-OH is 1. The van der Waals surface area contributed by atoms with E-state index < -0.39 is 5.41 Å². The fraction of sp³-hybridized carbons (Fsp3) is 0.600. The molecule has 0 spiro atoms. The zero-order valence-electron chi connectivity index (χ0n) is 12.0. The lowest BCUT2D eigenvalue weighted by atomic mass is 9.79. The van der Waals surface area contributed by atoms with Gasteiger partial charge in [-0.05, 0) is 12.1 Å². The second-order valence-corrected chi connectivity index (χ2v) is 6.82. The van der Waals surface area contributed by atoms with Crippen LogP contribution < -0.4 is 5.32 Å². The lowest BCUT2D eigenvalue weighted by Crippen LogP contribution is -2.50. The molecule has 0 saturated carbocycles. The Kier molecular flexibility index (Phi) is 5.18. The molecule has 1 aliphatic rings. The van der Waals surface area contributed by atoms with E-state index in [4.69, 9.17) is 0 Å². The Hall–Kier alpha value is -0.490. The summed E-state index contributed by atoms with van der Waals surface area (Å²) in [5, 5.41) is 13.1. The molecule has 0 bridgehead atoms. The Morgan fingerprint density at radius 1 is 1.40 bits per heavy atom. The molecule has 1 saturated heterocycles. The van der Waals surface area contributed by atoms with Gasteiger partial charge in [0.15, 0.2) is 0 Å². The second-order valence-electron chi connectivity index (χ2n) is 5.97. The molecule has 0 aromatic heterocycles. The number of hydrogen-bond donors (Lipinski definition) is 2. The second kappa shape index (κ2) is 6.52. The molecule has 1 atom stereocenters. The van der Waals surface area contributed by atoms with Gasteiger partial charge in [0.05, 0.1) is 0 Å². The zero-order chi connectivity index (χ0) is 14.8. The van der Waals surface area contributed by atoms with E-state index in [1.54, 1.807) is 6.07 Å². The van der Waals surface area contributed by atoms with Gasteiger partial charge in [-0.1, -0.05) is 35.8 Å². The first-order valence-corrected chi connectivity index (χ1v) is 7.76. The average molecular weight is 345 g/mol. The summed E-state index contributed by atoms with van der Waals surface area (Å²) in [5.74, 6) is -0.218. The van der Waals surface area contributed by atoms with Crippen LogP contribution >= 0.6 is 15.9 Å². The third-order valence-electron chi connectivity index (χ3n) is 3.94. The molecule has 1 aromatic rings. The minimum absolute atomic E-state index is 0.0162. The standard InChI is InChI=1S/C15H22BrFN2O/c1-15(2,10-20)14(19-8-6-18-7-9-19)13-11(16)4-3-5-12(13)17/h3-5,14,18,20H,6-10H2,1-2H3/t14-/m0/s1. The number of benzene rings is 1. The molecule has 0 amide bonds. The highest BCUT2D eigenvalue weighted by Gasteiger charge is 2.38. The number of rotatable bonds is 4. The van der Waals surface area contributed by atoms with Gasteiger partial charge in [-0.25, -0.2) is 4.39 Å². The van der Waals surface area contributed by atoms with Crippen LogP contribution in [0.25, 0.3) is 0 Å². The Morgan fingerprint density at radius 3 is 2.60 bits per heavy atom. The highest BCUT2D eigenvalue weighted by molar-refractivity contribution is 9.10. The first-order chi connectivity index (χ1) is 9.47. The van der Waals surface area contributed by atoms with E-state index in [2.05, 4.69) is 26.1 Å². The van der Waals surface area contributed by atoms with Crippen molar-refractivity contribution in [3.63, 3.8) is 0 Å². The van der Waals surface area contributed by atoms with Crippen LogP contribution in [0.2, 0.25) is 0 Å². The Morgan fingerprint density at radius 2 is 2.05 bits per heavy atom. The molecule has 20 heavy (non-hydrogen) atoms. The summed E-state index contributed by atoms with van der Waals surface area (Å²) < 4.78 is 15.1. The van der Waals surface area contributed by atoms with E-state index in [1.165, 1.54) is 6.07 Å². The summed E-state index contributed by atoms with van der Waals surface area (Å²) in [6, 6.07) is 4.90. The maximum Gasteiger partial charge on any atom is 0.129 e. The van der Waals surface area contributed by atoms with Gasteiger partial charge < -0.3 is 10.4 Å². The van der Waals surface area contributed by atoms with E-state index in [0.717, 1.165) is 30.7 Å². The Labute approximate surface area is 128 Å². The van der Waals surface area contributed by atoms with E-state index in [-0.39, 0.29) is 18.5 Å². The summed E-state index contributed by atoms with van der Waals surface area (Å²) in [6.45, 7) is 7.48. The molecule has 0 aliphatic carbocycles. The summed E-state index contributed by atoms with van der Waals surface area (Å²) in [5.41, 5.74) is 0.232. The van der Waals surface area contributed by atoms with Crippen LogP contribution in [0.4, 0.5) is 4.39 Å². The number of nitrogens with one attached hydrogen (secondary N) is 1. The smallest absolute Gasteiger partial charge is 0.129 e. The van der Waals surface area contributed by atoms with Gasteiger partial charge in [0.2, 0.25) is 0 Å². The molecule has 5 heteroatoms. The SMILES string of the molecule is CC(C)(CO)[C@H](c1c(F)cccc1Br)N1CCNCC1. The molecular formula is C15H22BrFN2O. The Bertz CT molecular complexity index is 441. The van der Waals surface area contributed by atoms with Crippen LogP contribution in [0.15, 0.2) is 22.7 Å². The van der Waals surface area contributed by atoms with Crippen molar-refractivity contribution in [2.45, 2.75) is 19.9 Å². The number of piperazine rings is 1. The maximum absolute atomic E-state index is 14.4. The summed E-state index contributed by atoms with van der Waals surface area (Å²) >= 11 is 3.47. The first kappa shape index (κ1) is 15.9. The van der Waals surface area contributed by atoms with Crippen molar-refractivity contribution in [2.24, 2.45) is 5.41 Å². The minimum Gasteiger partial charge on any atom is -0.396 e. The van der Waals surface area contributed by atoms with Gasteiger partial charge in [-0.2, -0.15) is 0 Å². The molecule has 112 valence electrons. The maximum atomic E-state index is 14.4. The predicted octanol–water partition coefficient (Wildman–Crippen LogP) is 2.55. The molecule has 2 rings (SSSR count). The third kappa shape index (κ3) is 3.22. The largest absolute Gasteiger partial charge is 0.396 e. The molecule has 0 unspecified atom stereocenters. The van der Waals surface area contributed by atoms with Gasteiger partial charge >= 0.3 is 0 Å². The predicted molar refractivity (Wildman–Crippen MR) is 82.2 cm³/mol. The van der Waals surface area contributed by atoms with Crippen molar-refractivity contribution >= 4 is 15.9 Å². The quantitative estimate of drug-likeness (QED) is 0.881. The third-order valence-corrected chi connectivity index (χ3v) is 4.63. The molecular weight excluding hydrogens is 323 g/mol. The van der Waals surface area contributed by atoms with Crippen molar-refractivity contribution < 1.29 is 9.50 Å². The van der Waals surface area contributed by atoms with Gasteiger partial charge in [0.1, 0.15) is 5.82 Å². The Balaban J connectivity index is 2.45. The first-order valence-electron chi connectivity index (χ1n) is 6.97. The van der Waals surface area contributed by atoms with Crippen molar-refractivity contribution in [3.05, 3.63) is 34.1 Å². The molecule has 0 radical (unpaired) electrons. The van der Waals surface area contributed by atoms with Crippen molar-refractivity contribution in [2.75, 3.05) is 32.8 Å². The normalized spacial score (nSPS) is 19.1. The fourth-order valence-electron chi connectivity index (χ4n) is 2.87. The summed E-state index contributed by atoms with van der Waals surface area (Å²) in [6.07, 6.45) is 0. The van der Waals surface area contributed by atoms with Crippen LogP contribution in [0.1, 0.15) is 25.5 Å². The summed E-state index contributed by atoms with van der Waals surface area (Å²) in [4.78, 5) is 2.26. The van der Waals surface area contributed by atoms with Crippen LogP contribution in [-0.4, -0.2) is 42.8 Å². The number of halogens is 2. The highest BCUT2D eigenvalue weighted by Crippen LogP contribution is 2.42. The summed E-state index contributed by atoms with van der Waals surface area (Å²) in [7, 11) is 0. The molecule has 2 N–H and O–H groups in total. The van der Waals surface area contributed by atoms with Crippen molar-refractivity contribution in [1.82, 2.24) is 10.2 Å². The zero-order valence-corrected chi connectivity index (χ0v) is 13.6. The number of nitrogens with zero attached hydrogens (tertiary/aromatic N) is 1. The molecule has 3 nitrogen and oxygen atoms in total. The molecule has 1 aliphatic heterocycles.